The van der Waals surface area contributed by atoms with Gasteiger partial charge >= 0.3 is 6.15 Å². The highest BCUT2D eigenvalue weighted by molar-refractivity contribution is 5.78. The Balaban J connectivity index is 0.000000337. The summed E-state index contributed by atoms with van der Waals surface area (Å²) in [5, 5.41) is 0.753. The first kappa shape index (κ1) is 10.9. The van der Waals surface area contributed by atoms with Crippen LogP contribution in [-0.4, -0.2) is 11.1 Å². The van der Waals surface area contributed by atoms with E-state index in [0.717, 1.165) is 16.5 Å². The van der Waals surface area contributed by atoms with E-state index >= 15 is 0 Å². The summed E-state index contributed by atoms with van der Waals surface area (Å²) < 4.78 is 0. The number of hydrogen-bond donors (Lipinski definition) is 1. The van der Waals surface area contributed by atoms with Crippen molar-refractivity contribution < 1.29 is 9.59 Å². The van der Waals surface area contributed by atoms with Crippen molar-refractivity contribution in [3.8, 4) is 0 Å². The molecule has 2 aromatic rings. The van der Waals surface area contributed by atoms with Gasteiger partial charge in [0.25, 0.3) is 0 Å². The summed E-state index contributed by atoms with van der Waals surface area (Å²) in [6.07, 6.45) is 1.92. The summed E-state index contributed by atoms with van der Waals surface area (Å²) in [6.45, 7) is 2.00. The molecule has 0 unspecified atom stereocenters. The molecule has 1 aromatic carbocycles. The van der Waals surface area contributed by atoms with Gasteiger partial charge in [-0.1, -0.05) is 6.07 Å². The van der Waals surface area contributed by atoms with Crippen LogP contribution in [0.25, 0.3) is 10.9 Å². The minimum atomic E-state index is 0.0729. The standard InChI is InChI=1S/C10H9NO.CO2/c1-7-2-3-8-9(6-7)11-5-4-10(8)12;2-1-3/h2-6H,1H3,(H,11,12);. The van der Waals surface area contributed by atoms with Gasteiger partial charge in [0.2, 0.25) is 0 Å². The highest BCUT2D eigenvalue weighted by Crippen LogP contribution is 2.08. The molecule has 0 fully saturated rings. The van der Waals surface area contributed by atoms with Crippen LogP contribution in [0.2, 0.25) is 0 Å². The zero-order chi connectivity index (χ0) is 11.3. The molecule has 2 rings (SSSR count). The Labute approximate surface area is 85.6 Å². The minimum Gasteiger partial charge on any atom is -0.361 e. The zero-order valence-corrected chi connectivity index (χ0v) is 8.11. The van der Waals surface area contributed by atoms with Gasteiger partial charge in [-0.05, 0) is 24.6 Å². The summed E-state index contributed by atoms with van der Waals surface area (Å²) in [7, 11) is 0. The van der Waals surface area contributed by atoms with E-state index in [9.17, 15) is 4.79 Å². The molecule has 0 aliphatic rings. The van der Waals surface area contributed by atoms with Crippen LogP contribution in [0.5, 0.6) is 0 Å². The molecule has 0 bridgehead atoms. The number of aromatic amines is 1. The van der Waals surface area contributed by atoms with Crippen LogP contribution in [0.15, 0.2) is 35.3 Å². The van der Waals surface area contributed by atoms with E-state index in [2.05, 4.69) is 4.98 Å². The number of fused-ring (bicyclic) bond motifs is 1. The quantitative estimate of drug-likeness (QED) is 0.700. The number of benzene rings is 1. The summed E-state index contributed by atoms with van der Waals surface area (Å²) in [5.41, 5.74) is 2.13. The van der Waals surface area contributed by atoms with E-state index in [1.54, 1.807) is 6.20 Å². The lowest BCUT2D eigenvalue weighted by atomic mass is 10.1. The molecule has 4 heteroatoms. The lowest BCUT2D eigenvalue weighted by Crippen LogP contribution is -1.99. The molecule has 1 heterocycles. The third-order valence-corrected chi connectivity index (χ3v) is 1.91. The molecule has 1 aromatic heterocycles. The molecule has 76 valence electrons. The molecule has 15 heavy (non-hydrogen) atoms. The molecular formula is C11H9NO3. The molecule has 0 saturated carbocycles. The second-order valence-corrected chi connectivity index (χ2v) is 2.97. The Morgan fingerprint density at radius 2 is 1.87 bits per heavy atom. The van der Waals surface area contributed by atoms with E-state index < -0.39 is 0 Å². The van der Waals surface area contributed by atoms with Crippen molar-refractivity contribution >= 4 is 17.1 Å². The monoisotopic (exact) mass is 203 g/mol. The van der Waals surface area contributed by atoms with Gasteiger partial charge in [-0.2, -0.15) is 9.59 Å². The lowest BCUT2D eigenvalue weighted by Gasteiger charge is -1.96. The van der Waals surface area contributed by atoms with Crippen LogP contribution >= 0.6 is 0 Å². The van der Waals surface area contributed by atoms with Gasteiger partial charge < -0.3 is 4.98 Å². The molecule has 4 nitrogen and oxygen atoms in total. The number of aryl methyl sites for hydroxylation is 1. The fourth-order valence-corrected chi connectivity index (χ4v) is 1.29. The van der Waals surface area contributed by atoms with E-state index in [-0.39, 0.29) is 11.6 Å². The molecule has 0 saturated heterocycles. The van der Waals surface area contributed by atoms with Crippen LogP contribution in [0.1, 0.15) is 5.56 Å². The van der Waals surface area contributed by atoms with Gasteiger partial charge in [0.1, 0.15) is 0 Å². The largest absolute Gasteiger partial charge is 0.373 e. The van der Waals surface area contributed by atoms with Gasteiger partial charge in [-0.25, -0.2) is 0 Å². The number of carbonyl (C=O) groups excluding carboxylic acids is 2. The molecule has 0 aliphatic heterocycles. The summed E-state index contributed by atoms with van der Waals surface area (Å²) >= 11 is 0. The fourth-order valence-electron chi connectivity index (χ4n) is 1.29. The Morgan fingerprint density at radius 3 is 2.53 bits per heavy atom. The topological polar surface area (TPSA) is 67.0 Å². The first-order valence-corrected chi connectivity index (χ1v) is 4.26. The Bertz CT molecular complexity index is 551. The van der Waals surface area contributed by atoms with Crippen molar-refractivity contribution in [2.75, 3.05) is 0 Å². The van der Waals surface area contributed by atoms with Gasteiger partial charge in [-0.15, -0.1) is 0 Å². The van der Waals surface area contributed by atoms with Crippen molar-refractivity contribution in [2.45, 2.75) is 6.92 Å². The number of hydrogen-bond acceptors (Lipinski definition) is 3. The van der Waals surface area contributed by atoms with Crippen molar-refractivity contribution in [3.63, 3.8) is 0 Å². The normalized spacial score (nSPS) is 8.87. The van der Waals surface area contributed by atoms with Crippen LogP contribution in [-0.2, 0) is 9.59 Å². The van der Waals surface area contributed by atoms with Crippen molar-refractivity contribution in [1.82, 2.24) is 4.98 Å². The van der Waals surface area contributed by atoms with Gasteiger partial charge in [-0.3, -0.25) is 4.79 Å². The predicted molar refractivity (Wildman–Crippen MR) is 54.3 cm³/mol. The number of rotatable bonds is 0. The molecule has 0 atom stereocenters. The molecule has 1 N–H and O–H groups in total. The van der Waals surface area contributed by atoms with E-state index in [1.807, 2.05) is 25.1 Å². The molecule has 0 amide bonds. The SMILES string of the molecule is Cc1ccc2c(=O)cc[nH]c2c1.O=C=O. The summed E-state index contributed by atoms with van der Waals surface area (Å²) in [4.78, 5) is 30.6. The predicted octanol–water partition coefficient (Wildman–Crippen LogP) is 1.25. The number of aromatic nitrogens is 1. The maximum Gasteiger partial charge on any atom is 0.373 e. The molecule has 0 spiro atoms. The highest BCUT2D eigenvalue weighted by atomic mass is 16.2. The van der Waals surface area contributed by atoms with E-state index in [4.69, 9.17) is 9.59 Å². The van der Waals surface area contributed by atoms with E-state index in [0.29, 0.717) is 0 Å². The van der Waals surface area contributed by atoms with Gasteiger partial charge in [0.15, 0.2) is 5.43 Å². The van der Waals surface area contributed by atoms with Crippen LogP contribution in [0.4, 0.5) is 0 Å². The van der Waals surface area contributed by atoms with E-state index in [1.165, 1.54) is 6.07 Å². The highest BCUT2D eigenvalue weighted by Gasteiger charge is 1.95. The number of nitrogens with one attached hydrogen (secondary N) is 1. The van der Waals surface area contributed by atoms with Gasteiger partial charge in [0, 0.05) is 23.2 Å². The average Bonchev–Trinajstić information content (AvgIpc) is 2.19. The first-order chi connectivity index (χ1) is 7.19. The Morgan fingerprint density at radius 1 is 1.20 bits per heavy atom. The Kier molecular flexibility index (Phi) is 3.55. The lowest BCUT2D eigenvalue weighted by molar-refractivity contribution is -0.191. The molecule has 0 radical (unpaired) electrons. The maximum absolute atomic E-state index is 11.3. The zero-order valence-electron chi connectivity index (χ0n) is 8.11. The number of H-pyrrole nitrogens is 1. The van der Waals surface area contributed by atoms with Crippen LogP contribution < -0.4 is 5.43 Å². The summed E-state index contributed by atoms with van der Waals surface area (Å²) in [6, 6.07) is 7.30. The smallest absolute Gasteiger partial charge is 0.361 e. The third kappa shape index (κ3) is 2.62. The van der Waals surface area contributed by atoms with Crippen molar-refractivity contribution in [1.29, 1.82) is 0 Å². The Hall–Kier alpha value is -2.19. The van der Waals surface area contributed by atoms with Crippen molar-refractivity contribution in [2.24, 2.45) is 0 Å². The first-order valence-electron chi connectivity index (χ1n) is 4.26. The summed E-state index contributed by atoms with van der Waals surface area (Å²) in [5.74, 6) is 0. The number of pyridine rings is 1. The maximum atomic E-state index is 11.3. The van der Waals surface area contributed by atoms with Crippen LogP contribution in [0, 0.1) is 6.92 Å². The fraction of sp³-hybridized carbons (Fsp3) is 0.0909. The van der Waals surface area contributed by atoms with Crippen molar-refractivity contribution in [3.05, 3.63) is 46.2 Å². The molecule has 0 aliphatic carbocycles. The average molecular weight is 203 g/mol. The third-order valence-electron chi connectivity index (χ3n) is 1.91. The minimum absolute atomic E-state index is 0.0729. The molecular weight excluding hydrogens is 194 g/mol. The second kappa shape index (κ2) is 4.88. The second-order valence-electron chi connectivity index (χ2n) is 2.97. The van der Waals surface area contributed by atoms with Gasteiger partial charge in [0.05, 0.1) is 0 Å². The van der Waals surface area contributed by atoms with Crippen LogP contribution in [0.3, 0.4) is 0 Å².